The molecule has 1 fully saturated rings. The van der Waals surface area contributed by atoms with Crippen molar-refractivity contribution in [3.8, 4) is 0 Å². The molecule has 0 aliphatic heterocycles. The number of nitrogens with one attached hydrogen (secondary N) is 1. The van der Waals surface area contributed by atoms with Crippen molar-refractivity contribution in [2.24, 2.45) is 0 Å². The van der Waals surface area contributed by atoms with Crippen LogP contribution in [0.1, 0.15) is 57.4 Å². The van der Waals surface area contributed by atoms with Crippen LogP contribution in [0.15, 0.2) is 54.6 Å². The lowest BCUT2D eigenvalue weighted by molar-refractivity contribution is -0.141. The Hall–Kier alpha value is -2.58. The average molecular weight is 534 g/mol. The standard InChI is InChI=1S/C27H36ClN3O4S/c1-3-25(27(33)29-23-14-7-8-15-23)30(20-21-11-5-4-6-12-21)26(32)17-10-18-31(36(2,34)35)24-16-9-13-22(28)19-24/h4-6,9,11-13,16,19,23,25H,3,7-8,10,14-15,17-18,20H2,1-2H3,(H,29,33)/t25-/m0/s1. The van der Waals surface area contributed by atoms with Crippen LogP contribution in [0.2, 0.25) is 5.02 Å². The smallest absolute Gasteiger partial charge is 0.243 e. The van der Waals surface area contributed by atoms with Gasteiger partial charge in [0, 0.05) is 30.6 Å². The van der Waals surface area contributed by atoms with Gasteiger partial charge in [0.25, 0.3) is 0 Å². The highest BCUT2D eigenvalue weighted by molar-refractivity contribution is 7.92. The minimum Gasteiger partial charge on any atom is -0.352 e. The summed E-state index contributed by atoms with van der Waals surface area (Å²) < 4.78 is 26.1. The SMILES string of the molecule is CC[C@@H](C(=O)NC1CCCC1)N(Cc1ccccc1)C(=O)CCCN(c1cccc(Cl)c1)S(C)(=O)=O. The van der Waals surface area contributed by atoms with E-state index in [1.165, 1.54) is 4.31 Å². The first kappa shape index (κ1) is 28.0. The van der Waals surface area contributed by atoms with Crippen molar-refractivity contribution in [3.05, 3.63) is 65.2 Å². The van der Waals surface area contributed by atoms with Crippen LogP contribution in [-0.4, -0.2) is 50.0 Å². The summed E-state index contributed by atoms with van der Waals surface area (Å²) in [5, 5.41) is 3.57. The first-order valence-corrected chi connectivity index (χ1v) is 14.8. The molecule has 0 heterocycles. The van der Waals surface area contributed by atoms with E-state index in [1.54, 1.807) is 29.2 Å². The maximum Gasteiger partial charge on any atom is 0.243 e. The summed E-state index contributed by atoms with van der Waals surface area (Å²) in [7, 11) is -3.56. The van der Waals surface area contributed by atoms with Crippen molar-refractivity contribution in [1.82, 2.24) is 10.2 Å². The predicted molar refractivity (Wildman–Crippen MR) is 144 cm³/mol. The molecule has 3 rings (SSSR count). The molecule has 9 heteroatoms. The summed E-state index contributed by atoms with van der Waals surface area (Å²) in [6, 6.07) is 15.8. The van der Waals surface area contributed by atoms with E-state index >= 15 is 0 Å². The number of hydrogen-bond acceptors (Lipinski definition) is 4. The van der Waals surface area contributed by atoms with Gasteiger partial charge in [-0.1, -0.05) is 67.8 Å². The maximum absolute atomic E-state index is 13.5. The number of carbonyl (C=O) groups is 2. The summed E-state index contributed by atoms with van der Waals surface area (Å²) in [4.78, 5) is 28.3. The molecular weight excluding hydrogens is 498 g/mol. The minimum atomic E-state index is -3.56. The summed E-state index contributed by atoms with van der Waals surface area (Å²) in [6.07, 6.45) is 6.22. The zero-order chi connectivity index (χ0) is 26.1. The van der Waals surface area contributed by atoms with Gasteiger partial charge in [0.05, 0.1) is 11.9 Å². The molecule has 0 bridgehead atoms. The highest BCUT2D eigenvalue weighted by Gasteiger charge is 2.30. The summed E-state index contributed by atoms with van der Waals surface area (Å²) >= 11 is 6.06. The van der Waals surface area contributed by atoms with Crippen molar-refractivity contribution in [3.63, 3.8) is 0 Å². The van der Waals surface area contributed by atoms with E-state index in [9.17, 15) is 18.0 Å². The third-order valence-electron chi connectivity index (χ3n) is 6.53. The molecule has 0 radical (unpaired) electrons. The van der Waals surface area contributed by atoms with Crippen LogP contribution in [0, 0.1) is 0 Å². The van der Waals surface area contributed by atoms with E-state index in [2.05, 4.69) is 5.32 Å². The van der Waals surface area contributed by atoms with Crippen molar-refractivity contribution in [1.29, 1.82) is 0 Å². The second-order valence-corrected chi connectivity index (χ2v) is 11.7. The fraction of sp³-hybridized carbons (Fsp3) is 0.481. The van der Waals surface area contributed by atoms with E-state index in [0.717, 1.165) is 37.5 Å². The number of halogens is 1. The van der Waals surface area contributed by atoms with Crippen molar-refractivity contribution >= 4 is 39.1 Å². The summed E-state index contributed by atoms with van der Waals surface area (Å²) in [5.74, 6) is -0.294. The normalized spacial score (nSPS) is 14.9. The zero-order valence-electron chi connectivity index (χ0n) is 21.0. The van der Waals surface area contributed by atoms with Crippen LogP contribution in [-0.2, 0) is 26.2 Å². The maximum atomic E-state index is 13.5. The first-order chi connectivity index (χ1) is 17.2. The summed E-state index contributed by atoms with van der Waals surface area (Å²) in [6.45, 7) is 2.37. The number of sulfonamides is 1. The van der Waals surface area contributed by atoms with Gasteiger partial charge in [-0.25, -0.2) is 8.42 Å². The molecule has 7 nitrogen and oxygen atoms in total. The Morgan fingerprint density at radius 2 is 1.78 bits per heavy atom. The molecule has 36 heavy (non-hydrogen) atoms. The minimum absolute atomic E-state index is 0.118. The number of amides is 2. The molecule has 1 saturated carbocycles. The molecule has 196 valence electrons. The predicted octanol–water partition coefficient (Wildman–Crippen LogP) is 4.75. The van der Waals surface area contributed by atoms with Gasteiger partial charge in [-0.2, -0.15) is 0 Å². The molecule has 1 aliphatic carbocycles. The van der Waals surface area contributed by atoms with Crippen LogP contribution >= 0.6 is 11.6 Å². The van der Waals surface area contributed by atoms with Crippen molar-refractivity contribution in [2.45, 2.75) is 70.5 Å². The van der Waals surface area contributed by atoms with Gasteiger partial charge in [-0.05, 0) is 49.4 Å². The van der Waals surface area contributed by atoms with E-state index in [1.807, 2.05) is 37.3 Å². The lowest BCUT2D eigenvalue weighted by Gasteiger charge is -2.32. The monoisotopic (exact) mass is 533 g/mol. The molecular formula is C27H36ClN3O4S. The van der Waals surface area contributed by atoms with Gasteiger partial charge in [0.2, 0.25) is 21.8 Å². The highest BCUT2D eigenvalue weighted by Crippen LogP contribution is 2.23. The Kier molecular flexibility index (Phi) is 10.2. The molecule has 0 unspecified atom stereocenters. The van der Waals surface area contributed by atoms with Gasteiger partial charge in [-0.3, -0.25) is 13.9 Å². The molecule has 0 aromatic heterocycles. The quantitative estimate of drug-likeness (QED) is 0.426. The van der Waals surface area contributed by atoms with Gasteiger partial charge in [0.15, 0.2) is 0 Å². The van der Waals surface area contributed by atoms with Gasteiger partial charge >= 0.3 is 0 Å². The van der Waals surface area contributed by atoms with Crippen LogP contribution in [0.4, 0.5) is 5.69 Å². The Bertz CT molecular complexity index is 1120. The van der Waals surface area contributed by atoms with E-state index in [-0.39, 0.29) is 30.8 Å². The third kappa shape index (κ3) is 7.96. The number of nitrogens with zero attached hydrogens (tertiary/aromatic N) is 2. The first-order valence-electron chi connectivity index (χ1n) is 12.6. The summed E-state index contributed by atoms with van der Waals surface area (Å²) in [5.41, 5.74) is 1.40. The molecule has 0 saturated heterocycles. The van der Waals surface area contributed by atoms with E-state index < -0.39 is 16.1 Å². The number of anilines is 1. The second kappa shape index (κ2) is 13.1. The van der Waals surface area contributed by atoms with Crippen molar-refractivity contribution in [2.75, 3.05) is 17.1 Å². The largest absolute Gasteiger partial charge is 0.352 e. The Balaban J connectivity index is 1.73. The zero-order valence-corrected chi connectivity index (χ0v) is 22.6. The van der Waals surface area contributed by atoms with E-state index in [4.69, 9.17) is 11.6 Å². The van der Waals surface area contributed by atoms with Crippen LogP contribution in [0.3, 0.4) is 0 Å². The van der Waals surface area contributed by atoms with Crippen LogP contribution in [0.25, 0.3) is 0 Å². The topological polar surface area (TPSA) is 86.8 Å². The molecule has 2 aromatic carbocycles. The molecule has 1 atom stereocenters. The number of hydrogen-bond donors (Lipinski definition) is 1. The average Bonchev–Trinajstić information content (AvgIpc) is 3.34. The molecule has 2 amide bonds. The third-order valence-corrected chi connectivity index (χ3v) is 7.96. The Morgan fingerprint density at radius 3 is 2.39 bits per heavy atom. The van der Waals surface area contributed by atoms with Crippen LogP contribution in [0.5, 0.6) is 0 Å². The fourth-order valence-electron chi connectivity index (χ4n) is 4.70. The fourth-order valence-corrected chi connectivity index (χ4v) is 5.84. The van der Waals surface area contributed by atoms with E-state index in [0.29, 0.717) is 30.1 Å². The molecule has 0 spiro atoms. The van der Waals surface area contributed by atoms with Gasteiger partial charge in [0.1, 0.15) is 6.04 Å². The lowest BCUT2D eigenvalue weighted by atomic mass is 10.1. The lowest BCUT2D eigenvalue weighted by Crippen LogP contribution is -2.51. The van der Waals surface area contributed by atoms with Gasteiger partial charge in [-0.15, -0.1) is 0 Å². The Morgan fingerprint density at radius 1 is 1.08 bits per heavy atom. The number of benzene rings is 2. The molecule has 2 aromatic rings. The highest BCUT2D eigenvalue weighted by atomic mass is 35.5. The number of rotatable bonds is 12. The van der Waals surface area contributed by atoms with Crippen LogP contribution < -0.4 is 9.62 Å². The molecule has 1 N–H and O–H groups in total. The van der Waals surface area contributed by atoms with Crippen molar-refractivity contribution < 1.29 is 18.0 Å². The molecule has 1 aliphatic rings. The second-order valence-electron chi connectivity index (χ2n) is 9.34. The number of carbonyl (C=O) groups excluding carboxylic acids is 2. The van der Waals surface area contributed by atoms with Gasteiger partial charge < -0.3 is 10.2 Å². The Labute approximate surface area is 219 Å².